The van der Waals surface area contributed by atoms with Gasteiger partial charge in [0.15, 0.2) is 12.3 Å². The third kappa shape index (κ3) is 4.52. The van der Waals surface area contributed by atoms with E-state index in [2.05, 4.69) is 10.2 Å². The molecule has 0 atom stereocenters. The Balaban J connectivity index is 1.72. The van der Waals surface area contributed by atoms with E-state index in [1.807, 2.05) is 38.1 Å². The molecule has 0 aliphatic heterocycles. The van der Waals surface area contributed by atoms with Crippen molar-refractivity contribution in [3.8, 4) is 11.8 Å². The highest BCUT2D eigenvalue weighted by Crippen LogP contribution is 2.16. The summed E-state index contributed by atoms with van der Waals surface area (Å²) in [7, 11) is 0. The van der Waals surface area contributed by atoms with Gasteiger partial charge in [-0.3, -0.25) is 9.69 Å². The van der Waals surface area contributed by atoms with Crippen molar-refractivity contribution in [3.63, 3.8) is 0 Å². The van der Waals surface area contributed by atoms with Crippen molar-refractivity contribution in [2.75, 3.05) is 18.1 Å². The minimum atomic E-state index is -0.748. The quantitative estimate of drug-likeness (QED) is 0.463. The van der Waals surface area contributed by atoms with E-state index >= 15 is 0 Å². The van der Waals surface area contributed by atoms with Crippen LogP contribution in [0.1, 0.15) is 27.3 Å². The summed E-state index contributed by atoms with van der Waals surface area (Å²) in [6.45, 7) is 4.92. The summed E-state index contributed by atoms with van der Waals surface area (Å²) in [6, 6.07) is 16.5. The standard InChI is InChI=1S/C22H21N5O3/c1-15-9-10-19(16(2)13-15)27-24-17(3)21(25-27)22(29)30-14-20(28)26(12-11-23)18-7-5-4-6-8-18/h4-10,13H,12,14H2,1-3H3. The first-order valence-corrected chi connectivity index (χ1v) is 9.31. The number of esters is 1. The number of hydrogen-bond donors (Lipinski definition) is 0. The molecule has 0 fully saturated rings. The molecule has 0 aliphatic rings. The minimum absolute atomic E-state index is 0.0364. The van der Waals surface area contributed by atoms with E-state index in [0.717, 1.165) is 16.8 Å². The number of aromatic nitrogens is 3. The number of nitriles is 1. The van der Waals surface area contributed by atoms with Crippen molar-refractivity contribution >= 4 is 17.6 Å². The summed E-state index contributed by atoms with van der Waals surface area (Å²) >= 11 is 0. The largest absolute Gasteiger partial charge is 0.451 e. The van der Waals surface area contributed by atoms with Crippen LogP contribution in [-0.4, -0.2) is 40.0 Å². The Kier molecular flexibility index (Phi) is 6.23. The summed E-state index contributed by atoms with van der Waals surface area (Å²) in [6.07, 6.45) is 0. The van der Waals surface area contributed by atoms with E-state index in [-0.39, 0.29) is 12.2 Å². The first-order chi connectivity index (χ1) is 14.4. The topological polar surface area (TPSA) is 101 Å². The fourth-order valence-corrected chi connectivity index (χ4v) is 2.98. The van der Waals surface area contributed by atoms with Crippen LogP contribution in [0.2, 0.25) is 0 Å². The third-order valence-corrected chi connectivity index (χ3v) is 4.47. The van der Waals surface area contributed by atoms with Crippen molar-refractivity contribution in [3.05, 3.63) is 71.0 Å². The number of rotatable bonds is 6. The van der Waals surface area contributed by atoms with Gasteiger partial charge in [-0.15, -0.1) is 5.10 Å². The lowest BCUT2D eigenvalue weighted by atomic mass is 10.1. The summed E-state index contributed by atoms with van der Waals surface area (Å²) in [5.41, 5.74) is 3.81. The summed E-state index contributed by atoms with van der Waals surface area (Å²) in [4.78, 5) is 27.7. The van der Waals surface area contributed by atoms with E-state index in [1.165, 1.54) is 9.70 Å². The third-order valence-electron chi connectivity index (χ3n) is 4.47. The molecule has 2 aromatic carbocycles. The Morgan fingerprint density at radius 3 is 2.50 bits per heavy atom. The monoisotopic (exact) mass is 403 g/mol. The van der Waals surface area contributed by atoms with Crippen molar-refractivity contribution in [2.45, 2.75) is 20.8 Å². The van der Waals surface area contributed by atoms with Gasteiger partial charge in [0.25, 0.3) is 5.91 Å². The van der Waals surface area contributed by atoms with Gasteiger partial charge in [0.2, 0.25) is 0 Å². The zero-order valence-electron chi connectivity index (χ0n) is 17.0. The average molecular weight is 403 g/mol. The Bertz CT molecular complexity index is 1120. The first-order valence-electron chi connectivity index (χ1n) is 9.31. The molecule has 8 nitrogen and oxygen atoms in total. The predicted octanol–water partition coefficient (Wildman–Crippen LogP) is 2.91. The van der Waals surface area contributed by atoms with Gasteiger partial charge in [-0.25, -0.2) is 4.79 Å². The molecule has 0 aliphatic carbocycles. The van der Waals surface area contributed by atoms with Crippen LogP contribution in [0, 0.1) is 32.1 Å². The minimum Gasteiger partial charge on any atom is -0.451 e. The van der Waals surface area contributed by atoms with Gasteiger partial charge < -0.3 is 4.74 Å². The van der Waals surface area contributed by atoms with Crippen LogP contribution in [0.15, 0.2) is 48.5 Å². The molecular formula is C22H21N5O3. The summed E-state index contributed by atoms with van der Waals surface area (Å²) < 4.78 is 5.16. The number of carbonyl (C=O) groups excluding carboxylic acids is 2. The molecule has 0 N–H and O–H groups in total. The number of nitrogens with zero attached hydrogens (tertiary/aromatic N) is 5. The molecule has 1 amide bonds. The van der Waals surface area contributed by atoms with E-state index in [0.29, 0.717) is 11.4 Å². The molecule has 152 valence electrons. The highest BCUT2D eigenvalue weighted by molar-refractivity contribution is 5.97. The number of anilines is 1. The number of benzene rings is 2. The van der Waals surface area contributed by atoms with E-state index in [4.69, 9.17) is 10.00 Å². The second-order valence-corrected chi connectivity index (χ2v) is 6.76. The molecule has 0 bridgehead atoms. The van der Waals surface area contributed by atoms with Crippen molar-refractivity contribution in [2.24, 2.45) is 0 Å². The van der Waals surface area contributed by atoms with Crippen molar-refractivity contribution in [1.29, 1.82) is 5.26 Å². The molecular weight excluding hydrogens is 382 g/mol. The average Bonchev–Trinajstić information content (AvgIpc) is 3.12. The molecule has 1 aromatic heterocycles. The summed E-state index contributed by atoms with van der Waals surface area (Å²) in [5.74, 6) is -1.25. The molecule has 0 saturated carbocycles. The van der Waals surface area contributed by atoms with E-state index in [9.17, 15) is 9.59 Å². The van der Waals surface area contributed by atoms with Gasteiger partial charge in [0, 0.05) is 5.69 Å². The van der Waals surface area contributed by atoms with Gasteiger partial charge in [-0.05, 0) is 44.5 Å². The zero-order chi connectivity index (χ0) is 21.7. The van der Waals surface area contributed by atoms with Crippen LogP contribution in [0.3, 0.4) is 0 Å². The van der Waals surface area contributed by atoms with E-state index < -0.39 is 18.5 Å². The summed E-state index contributed by atoms with van der Waals surface area (Å²) in [5, 5.41) is 17.6. The van der Waals surface area contributed by atoms with Crippen LogP contribution in [0.5, 0.6) is 0 Å². The molecule has 0 radical (unpaired) electrons. The molecule has 8 heteroatoms. The molecule has 3 rings (SSSR count). The van der Waals surface area contributed by atoms with E-state index in [1.54, 1.807) is 37.3 Å². The van der Waals surface area contributed by atoms with Gasteiger partial charge in [-0.2, -0.15) is 15.2 Å². The van der Waals surface area contributed by atoms with Gasteiger partial charge in [0.1, 0.15) is 6.54 Å². The van der Waals surface area contributed by atoms with Crippen LogP contribution >= 0.6 is 0 Å². The SMILES string of the molecule is Cc1ccc(-n2nc(C)c(C(=O)OCC(=O)N(CC#N)c3ccccc3)n2)c(C)c1. The number of ether oxygens (including phenoxy) is 1. The Morgan fingerprint density at radius 1 is 1.10 bits per heavy atom. The fourth-order valence-electron chi connectivity index (χ4n) is 2.98. The highest BCUT2D eigenvalue weighted by atomic mass is 16.5. The lowest BCUT2D eigenvalue weighted by molar-refractivity contribution is -0.121. The normalized spacial score (nSPS) is 10.3. The predicted molar refractivity (Wildman–Crippen MR) is 110 cm³/mol. The number of aryl methyl sites for hydroxylation is 3. The van der Waals surface area contributed by atoms with Gasteiger partial charge in [-0.1, -0.05) is 35.9 Å². The molecule has 0 spiro atoms. The Labute approximate surface area is 174 Å². The molecule has 0 unspecified atom stereocenters. The Hall–Kier alpha value is -3.99. The van der Waals surface area contributed by atoms with Crippen LogP contribution in [0.4, 0.5) is 5.69 Å². The second-order valence-electron chi connectivity index (χ2n) is 6.76. The fraction of sp³-hybridized carbons (Fsp3) is 0.227. The molecule has 3 aromatic rings. The Morgan fingerprint density at radius 2 is 1.83 bits per heavy atom. The van der Waals surface area contributed by atoms with Crippen LogP contribution < -0.4 is 4.90 Å². The first kappa shape index (κ1) is 20.7. The van der Waals surface area contributed by atoms with Crippen LogP contribution in [0.25, 0.3) is 5.69 Å². The second kappa shape index (κ2) is 9.01. The molecule has 0 saturated heterocycles. The smallest absolute Gasteiger partial charge is 0.361 e. The number of para-hydroxylation sites is 1. The van der Waals surface area contributed by atoms with Crippen molar-refractivity contribution < 1.29 is 14.3 Å². The maximum absolute atomic E-state index is 12.5. The zero-order valence-corrected chi connectivity index (χ0v) is 17.0. The number of hydrogen-bond acceptors (Lipinski definition) is 6. The van der Waals surface area contributed by atoms with Gasteiger partial charge in [0.05, 0.1) is 17.5 Å². The molecule has 30 heavy (non-hydrogen) atoms. The lowest BCUT2D eigenvalue weighted by Gasteiger charge is -2.19. The van der Waals surface area contributed by atoms with Crippen LogP contribution in [-0.2, 0) is 9.53 Å². The number of carbonyl (C=O) groups is 2. The molecule has 1 heterocycles. The number of amides is 1. The maximum Gasteiger partial charge on any atom is 0.361 e. The lowest BCUT2D eigenvalue weighted by Crippen LogP contribution is -2.35. The van der Waals surface area contributed by atoms with Gasteiger partial charge >= 0.3 is 5.97 Å². The highest BCUT2D eigenvalue weighted by Gasteiger charge is 2.22. The maximum atomic E-state index is 12.5. The van der Waals surface area contributed by atoms with Crippen molar-refractivity contribution in [1.82, 2.24) is 15.0 Å².